The van der Waals surface area contributed by atoms with Crippen molar-refractivity contribution in [3.05, 3.63) is 0 Å². The zero-order valence-corrected chi connectivity index (χ0v) is 16.1. The van der Waals surface area contributed by atoms with Crippen LogP contribution >= 0.6 is 24.0 Å². The Morgan fingerprint density at radius 2 is 2.19 bits per heavy atom. The van der Waals surface area contributed by atoms with Gasteiger partial charge in [-0.15, -0.1) is 24.0 Å². The van der Waals surface area contributed by atoms with Gasteiger partial charge < -0.3 is 19.9 Å². The van der Waals surface area contributed by atoms with Gasteiger partial charge in [-0.2, -0.15) is 0 Å². The lowest BCUT2D eigenvalue weighted by molar-refractivity contribution is 0.156. The Bertz CT molecular complexity index is 330. The maximum absolute atomic E-state index is 5.60. The van der Waals surface area contributed by atoms with Gasteiger partial charge in [-0.25, -0.2) is 0 Å². The molecular weight excluding hydrogens is 379 g/mol. The van der Waals surface area contributed by atoms with Crippen LogP contribution in [0.4, 0.5) is 0 Å². The summed E-state index contributed by atoms with van der Waals surface area (Å²) >= 11 is 0. The summed E-state index contributed by atoms with van der Waals surface area (Å²) in [6.45, 7) is 9.16. The highest BCUT2D eigenvalue weighted by atomic mass is 127. The number of halogens is 1. The minimum atomic E-state index is 0. The van der Waals surface area contributed by atoms with Gasteiger partial charge in [0.05, 0.1) is 6.61 Å². The minimum absolute atomic E-state index is 0. The highest BCUT2D eigenvalue weighted by molar-refractivity contribution is 14.0. The molecule has 0 radical (unpaired) electrons. The normalized spacial score (nSPS) is 25.7. The zero-order valence-electron chi connectivity index (χ0n) is 13.7. The Balaban J connectivity index is 0.00000220. The molecule has 5 nitrogen and oxygen atoms in total. The number of hydrogen-bond donors (Lipinski definition) is 1. The first kappa shape index (κ1) is 19.0. The van der Waals surface area contributed by atoms with Crippen LogP contribution in [0.2, 0.25) is 0 Å². The average Bonchev–Trinajstić information content (AvgIpc) is 3.04. The molecule has 2 heterocycles. The fourth-order valence-corrected chi connectivity index (χ4v) is 3.09. The second kappa shape index (κ2) is 9.15. The van der Waals surface area contributed by atoms with E-state index in [1.807, 2.05) is 0 Å². The number of hydrogen-bond acceptors (Lipinski definition) is 3. The lowest BCUT2D eigenvalue weighted by Crippen LogP contribution is -2.41. The first-order valence-electron chi connectivity index (χ1n) is 7.91. The number of aliphatic imine (C=N–C) groups is 1. The van der Waals surface area contributed by atoms with Crippen molar-refractivity contribution in [3.8, 4) is 0 Å². The molecule has 2 fully saturated rings. The van der Waals surface area contributed by atoms with Crippen molar-refractivity contribution < 1.29 is 4.74 Å². The molecule has 2 aliphatic heterocycles. The smallest absolute Gasteiger partial charge is 0.193 e. The number of likely N-dealkylation sites (tertiary alicyclic amines) is 1. The topological polar surface area (TPSA) is 40.1 Å². The first-order chi connectivity index (χ1) is 9.65. The predicted octanol–water partition coefficient (Wildman–Crippen LogP) is 1.63. The number of rotatable bonds is 5. The number of nitrogens with zero attached hydrogens (tertiary/aromatic N) is 3. The molecule has 1 spiro atoms. The minimum Gasteiger partial charge on any atom is -0.381 e. The molecule has 0 aliphatic carbocycles. The van der Waals surface area contributed by atoms with Gasteiger partial charge in [0.25, 0.3) is 0 Å². The maximum Gasteiger partial charge on any atom is 0.193 e. The quantitative estimate of drug-likeness (QED) is 0.324. The fourth-order valence-electron chi connectivity index (χ4n) is 3.09. The summed E-state index contributed by atoms with van der Waals surface area (Å²) in [7, 11) is 4.22. The highest BCUT2D eigenvalue weighted by Crippen LogP contribution is 2.38. The van der Waals surface area contributed by atoms with Gasteiger partial charge in [-0.3, -0.25) is 4.99 Å². The van der Waals surface area contributed by atoms with Gasteiger partial charge in [-0.1, -0.05) is 0 Å². The van der Waals surface area contributed by atoms with Crippen molar-refractivity contribution in [3.63, 3.8) is 0 Å². The predicted molar refractivity (Wildman–Crippen MR) is 98.6 cm³/mol. The van der Waals surface area contributed by atoms with E-state index in [0.717, 1.165) is 58.3 Å². The van der Waals surface area contributed by atoms with E-state index in [0.29, 0.717) is 5.41 Å². The van der Waals surface area contributed by atoms with Crippen molar-refractivity contribution in [2.45, 2.75) is 26.2 Å². The number of guanidine groups is 1. The summed E-state index contributed by atoms with van der Waals surface area (Å²) in [5.41, 5.74) is 0.403. The summed E-state index contributed by atoms with van der Waals surface area (Å²) in [5, 5.41) is 3.44. The van der Waals surface area contributed by atoms with Crippen molar-refractivity contribution in [2.75, 3.05) is 60.0 Å². The van der Waals surface area contributed by atoms with Crippen molar-refractivity contribution in [2.24, 2.45) is 10.4 Å². The Morgan fingerprint density at radius 3 is 2.81 bits per heavy atom. The van der Waals surface area contributed by atoms with E-state index < -0.39 is 0 Å². The Kier molecular flexibility index (Phi) is 8.26. The van der Waals surface area contributed by atoms with Crippen molar-refractivity contribution in [1.82, 2.24) is 15.1 Å². The Labute approximate surface area is 146 Å². The summed E-state index contributed by atoms with van der Waals surface area (Å²) in [5.74, 6) is 1.09. The van der Waals surface area contributed by atoms with Crippen LogP contribution in [-0.2, 0) is 4.74 Å². The summed E-state index contributed by atoms with van der Waals surface area (Å²) in [4.78, 5) is 9.42. The van der Waals surface area contributed by atoms with Crippen LogP contribution in [-0.4, -0.2) is 75.8 Å². The van der Waals surface area contributed by atoms with Crippen molar-refractivity contribution >= 4 is 29.9 Å². The molecule has 21 heavy (non-hydrogen) atoms. The van der Waals surface area contributed by atoms with Crippen LogP contribution in [0, 0.1) is 5.41 Å². The van der Waals surface area contributed by atoms with Crippen LogP contribution in [0.15, 0.2) is 4.99 Å². The van der Waals surface area contributed by atoms with Crippen molar-refractivity contribution in [1.29, 1.82) is 0 Å². The van der Waals surface area contributed by atoms with Crippen LogP contribution in [0.3, 0.4) is 0 Å². The second-order valence-corrected chi connectivity index (χ2v) is 6.37. The molecule has 1 N–H and O–H groups in total. The molecule has 6 heteroatoms. The molecular formula is C15H31IN4O. The molecule has 2 rings (SSSR count). The Morgan fingerprint density at radius 1 is 1.38 bits per heavy atom. The monoisotopic (exact) mass is 410 g/mol. The van der Waals surface area contributed by atoms with Gasteiger partial charge in [0.1, 0.15) is 0 Å². The van der Waals surface area contributed by atoms with Gasteiger partial charge in [0.15, 0.2) is 5.96 Å². The molecule has 0 amide bonds. The van der Waals surface area contributed by atoms with Crippen LogP contribution in [0.5, 0.6) is 0 Å². The third-order valence-electron chi connectivity index (χ3n) is 4.28. The van der Waals surface area contributed by atoms with E-state index in [1.165, 1.54) is 12.8 Å². The van der Waals surface area contributed by atoms with E-state index in [1.54, 1.807) is 0 Å². The summed E-state index contributed by atoms with van der Waals surface area (Å²) in [6, 6.07) is 0. The fraction of sp³-hybridized carbons (Fsp3) is 0.933. The van der Waals surface area contributed by atoms with E-state index >= 15 is 0 Å². The second-order valence-electron chi connectivity index (χ2n) is 6.37. The van der Waals surface area contributed by atoms with Gasteiger partial charge >= 0.3 is 0 Å². The van der Waals surface area contributed by atoms with Crippen LogP contribution in [0.1, 0.15) is 26.2 Å². The van der Waals surface area contributed by atoms with Crippen LogP contribution in [0.25, 0.3) is 0 Å². The van der Waals surface area contributed by atoms with Crippen LogP contribution < -0.4 is 5.32 Å². The molecule has 0 saturated carbocycles. The van der Waals surface area contributed by atoms with E-state index in [-0.39, 0.29) is 24.0 Å². The highest BCUT2D eigenvalue weighted by Gasteiger charge is 2.42. The van der Waals surface area contributed by atoms with Gasteiger partial charge in [0, 0.05) is 38.2 Å². The van der Waals surface area contributed by atoms with E-state index in [9.17, 15) is 0 Å². The zero-order chi connectivity index (χ0) is 14.4. The number of nitrogens with one attached hydrogen (secondary N) is 1. The largest absolute Gasteiger partial charge is 0.381 e. The molecule has 124 valence electrons. The Hall–Kier alpha value is -0.0800. The SMILES string of the molecule is CCNC(=NCCCN(C)C)N1CCC2(CCOC2)C1.I. The van der Waals surface area contributed by atoms with Gasteiger partial charge in [0.2, 0.25) is 0 Å². The maximum atomic E-state index is 5.60. The van der Waals surface area contributed by atoms with Gasteiger partial charge in [-0.05, 0) is 46.8 Å². The third kappa shape index (κ3) is 5.56. The lowest BCUT2D eigenvalue weighted by atomic mass is 9.87. The number of ether oxygens (including phenoxy) is 1. The third-order valence-corrected chi connectivity index (χ3v) is 4.28. The molecule has 2 aliphatic rings. The summed E-state index contributed by atoms with van der Waals surface area (Å²) in [6.07, 6.45) is 3.57. The van der Waals surface area contributed by atoms with E-state index in [4.69, 9.17) is 9.73 Å². The molecule has 0 aromatic carbocycles. The van der Waals surface area contributed by atoms with E-state index in [2.05, 4.69) is 36.1 Å². The molecule has 2 saturated heterocycles. The standard InChI is InChI=1S/C15H30N4O.HI/c1-4-16-14(17-8-5-9-18(2)3)19-10-6-15(12-19)7-11-20-13-15;/h4-13H2,1-3H3,(H,16,17);1H. The lowest BCUT2D eigenvalue weighted by Gasteiger charge is -2.25. The molecule has 0 aromatic rings. The molecule has 1 atom stereocenters. The molecule has 0 bridgehead atoms. The molecule has 1 unspecified atom stereocenters. The molecule has 0 aromatic heterocycles. The average molecular weight is 410 g/mol. The first-order valence-corrected chi connectivity index (χ1v) is 7.91. The summed E-state index contributed by atoms with van der Waals surface area (Å²) < 4.78 is 5.60.